The molecular formula is C35H53BrClN3O4. The van der Waals surface area contributed by atoms with Crippen molar-refractivity contribution in [1.82, 2.24) is 14.7 Å². The van der Waals surface area contributed by atoms with Gasteiger partial charge in [0.1, 0.15) is 11.6 Å². The fraction of sp³-hybridized carbons (Fsp3) is 0.629. The minimum Gasteiger partial charge on any atom is -0.444 e. The number of allylic oxidation sites excluding steroid dienone is 6. The van der Waals surface area contributed by atoms with Crippen molar-refractivity contribution in [3.8, 4) is 0 Å². The molecule has 0 aromatic carbocycles. The monoisotopic (exact) mass is 693 g/mol. The van der Waals surface area contributed by atoms with Gasteiger partial charge in [-0.25, -0.2) is 4.79 Å². The van der Waals surface area contributed by atoms with E-state index in [-0.39, 0.29) is 23.7 Å². The van der Waals surface area contributed by atoms with E-state index in [0.717, 1.165) is 60.8 Å². The van der Waals surface area contributed by atoms with E-state index in [9.17, 15) is 14.4 Å². The molecule has 0 spiro atoms. The molecule has 3 aliphatic rings. The summed E-state index contributed by atoms with van der Waals surface area (Å²) in [6.07, 6.45) is 8.98. The second kappa shape index (κ2) is 17.4. The lowest BCUT2D eigenvalue weighted by Gasteiger charge is -2.39. The Morgan fingerprint density at radius 1 is 0.977 bits per heavy atom. The number of amides is 3. The van der Waals surface area contributed by atoms with Crippen LogP contribution < -0.4 is 0 Å². The van der Waals surface area contributed by atoms with Crippen molar-refractivity contribution in [1.29, 1.82) is 0 Å². The summed E-state index contributed by atoms with van der Waals surface area (Å²) in [6.45, 7) is 27.0. The van der Waals surface area contributed by atoms with Crippen LogP contribution in [0.15, 0.2) is 59.1 Å². The maximum atomic E-state index is 13.3. The summed E-state index contributed by atoms with van der Waals surface area (Å²) in [5, 5.41) is 0.471. The summed E-state index contributed by atoms with van der Waals surface area (Å²) < 4.78 is 6.46. The summed E-state index contributed by atoms with van der Waals surface area (Å²) in [5.41, 5.74) is 1.66. The van der Waals surface area contributed by atoms with Crippen molar-refractivity contribution in [2.45, 2.75) is 91.2 Å². The van der Waals surface area contributed by atoms with Crippen LogP contribution in [0.3, 0.4) is 0 Å². The van der Waals surface area contributed by atoms with Crippen LogP contribution in [-0.4, -0.2) is 77.0 Å². The lowest BCUT2D eigenvalue weighted by molar-refractivity contribution is -0.138. The van der Waals surface area contributed by atoms with Gasteiger partial charge in [-0.3, -0.25) is 14.5 Å². The molecule has 44 heavy (non-hydrogen) atoms. The Morgan fingerprint density at radius 2 is 1.55 bits per heavy atom. The number of carbonyl (C=O) groups excluding carboxylic acids is 3. The molecule has 0 bridgehead atoms. The summed E-state index contributed by atoms with van der Waals surface area (Å²) in [6, 6.07) is -0.449. The Morgan fingerprint density at radius 3 is 2.05 bits per heavy atom. The molecule has 0 saturated carbocycles. The van der Waals surface area contributed by atoms with Gasteiger partial charge in [0.2, 0.25) is 11.8 Å². The highest BCUT2D eigenvalue weighted by Gasteiger charge is 2.40. The first kappa shape index (κ1) is 37.9. The predicted octanol–water partition coefficient (Wildman–Crippen LogP) is 8.23. The first-order valence-corrected chi connectivity index (χ1v) is 17.0. The first-order chi connectivity index (χ1) is 20.7. The summed E-state index contributed by atoms with van der Waals surface area (Å²) in [7, 11) is 0. The maximum absolute atomic E-state index is 13.3. The summed E-state index contributed by atoms with van der Waals surface area (Å²) in [5.74, 6) is 1.07. The third-order valence-electron chi connectivity index (χ3n) is 8.66. The highest BCUT2D eigenvalue weighted by atomic mass is 79.9. The Bertz CT molecular complexity index is 1110. The van der Waals surface area contributed by atoms with Crippen molar-refractivity contribution >= 4 is 45.4 Å². The molecule has 0 aromatic heterocycles. The Labute approximate surface area is 279 Å². The standard InChI is InChI=1S/C33H49BrClN3O4.C2H4/c1-8-26(27(34)20-23(4)35)30(22(2)3)25-13-18-36(19-14-25)29(39)21-24-11-16-37(17-12-24)31(40)28-10-9-15-38(28)32(41)42-33(5,6)7;1-2/h8,20,24-25,28,30H,2,4,9-19,21H2,1,3,5-7H3;1-2H2/b26-8+,27-20+;/t28-,30?;/m0./s1. The van der Waals surface area contributed by atoms with Gasteiger partial charge in [0.05, 0.1) is 0 Å². The van der Waals surface area contributed by atoms with Gasteiger partial charge in [0, 0.05) is 54.6 Å². The average molecular weight is 695 g/mol. The third kappa shape index (κ3) is 10.6. The van der Waals surface area contributed by atoms with Crippen LogP contribution in [0.2, 0.25) is 0 Å². The smallest absolute Gasteiger partial charge is 0.410 e. The Hall–Kier alpha value is -2.32. The number of carbonyl (C=O) groups is 3. The number of nitrogens with zero attached hydrogens (tertiary/aromatic N) is 3. The van der Waals surface area contributed by atoms with E-state index < -0.39 is 17.7 Å². The molecule has 2 atom stereocenters. The van der Waals surface area contributed by atoms with Gasteiger partial charge < -0.3 is 14.5 Å². The number of rotatable bonds is 8. The zero-order valence-electron chi connectivity index (χ0n) is 27.5. The van der Waals surface area contributed by atoms with Crippen LogP contribution >= 0.6 is 27.5 Å². The molecule has 3 aliphatic heterocycles. The van der Waals surface area contributed by atoms with Gasteiger partial charge in [0.25, 0.3) is 0 Å². The van der Waals surface area contributed by atoms with Gasteiger partial charge in [-0.15, -0.1) is 13.2 Å². The fourth-order valence-corrected chi connectivity index (χ4v) is 7.59. The largest absolute Gasteiger partial charge is 0.444 e. The van der Waals surface area contributed by atoms with E-state index in [1.807, 2.05) is 43.6 Å². The molecule has 0 aliphatic carbocycles. The number of ether oxygens (including phenoxy) is 1. The van der Waals surface area contributed by atoms with E-state index in [4.69, 9.17) is 16.3 Å². The molecule has 246 valence electrons. The molecule has 3 fully saturated rings. The molecule has 3 heterocycles. The lowest BCUT2D eigenvalue weighted by atomic mass is 9.76. The molecule has 1 unspecified atom stereocenters. The lowest BCUT2D eigenvalue weighted by Crippen LogP contribution is -2.51. The third-order valence-corrected chi connectivity index (χ3v) is 9.45. The minimum atomic E-state index is -0.593. The van der Waals surface area contributed by atoms with Crippen LogP contribution in [0.4, 0.5) is 4.79 Å². The highest BCUT2D eigenvalue weighted by Crippen LogP contribution is 2.40. The molecule has 7 nitrogen and oxygen atoms in total. The molecular weight excluding hydrogens is 642 g/mol. The zero-order valence-corrected chi connectivity index (χ0v) is 29.9. The van der Waals surface area contributed by atoms with Crippen LogP contribution in [0, 0.1) is 17.8 Å². The predicted molar refractivity (Wildman–Crippen MR) is 185 cm³/mol. The average Bonchev–Trinajstić information content (AvgIpc) is 3.46. The summed E-state index contributed by atoms with van der Waals surface area (Å²) >= 11 is 9.71. The van der Waals surface area contributed by atoms with Crippen LogP contribution in [0.1, 0.15) is 79.6 Å². The van der Waals surface area contributed by atoms with Gasteiger partial charge in [-0.2, -0.15) is 0 Å². The number of hydrogen-bond donors (Lipinski definition) is 0. The van der Waals surface area contributed by atoms with Crippen molar-refractivity contribution in [2.24, 2.45) is 17.8 Å². The van der Waals surface area contributed by atoms with E-state index in [2.05, 4.69) is 55.2 Å². The first-order valence-electron chi connectivity index (χ1n) is 15.8. The molecule has 3 saturated heterocycles. The van der Waals surface area contributed by atoms with Crippen LogP contribution in [0.25, 0.3) is 0 Å². The second-order valence-electron chi connectivity index (χ2n) is 13.0. The molecule has 3 rings (SSSR count). The van der Waals surface area contributed by atoms with Crippen molar-refractivity contribution in [3.05, 3.63) is 59.1 Å². The quantitative estimate of drug-likeness (QED) is 0.190. The zero-order chi connectivity index (χ0) is 33.2. The van der Waals surface area contributed by atoms with Crippen LogP contribution in [-0.2, 0) is 14.3 Å². The Kier molecular flexibility index (Phi) is 15.0. The molecule has 0 radical (unpaired) electrons. The fourth-order valence-electron chi connectivity index (χ4n) is 6.60. The molecule has 0 aromatic rings. The van der Waals surface area contributed by atoms with Gasteiger partial charge in [-0.05, 0) is 96.6 Å². The molecule has 0 N–H and O–H groups in total. The van der Waals surface area contributed by atoms with E-state index in [1.54, 1.807) is 4.90 Å². The normalized spacial score (nSPS) is 21.3. The number of halogens is 2. The SMILES string of the molecule is C=C.C=C(Cl)/C=C(Br)\C(=C/C)C(C(=C)C)C1CCN(C(=O)CC2CCN(C(=O)[C@@H]3CCCN3C(=O)OC(C)(C)C)CC2)CC1. The van der Waals surface area contributed by atoms with E-state index >= 15 is 0 Å². The highest BCUT2D eigenvalue weighted by molar-refractivity contribution is 9.12. The Balaban J connectivity index is 0.00000330. The topological polar surface area (TPSA) is 70.2 Å². The van der Waals surface area contributed by atoms with Crippen LogP contribution in [0.5, 0.6) is 0 Å². The maximum Gasteiger partial charge on any atom is 0.410 e. The van der Waals surface area contributed by atoms with Crippen molar-refractivity contribution in [2.75, 3.05) is 32.7 Å². The van der Waals surface area contributed by atoms with Gasteiger partial charge >= 0.3 is 6.09 Å². The van der Waals surface area contributed by atoms with Crippen molar-refractivity contribution in [3.63, 3.8) is 0 Å². The van der Waals surface area contributed by atoms with E-state index in [1.165, 1.54) is 0 Å². The second-order valence-corrected chi connectivity index (χ2v) is 14.4. The molecule has 3 amide bonds. The number of piperidine rings is 2. The number of hydrogen-bond acceptors (Lipinski definition) is 4. The summed E-state index contributed by atoms with van der Waals surface area (Å²) in [4.78, 5) is 44.7. The van der Waals surface area contributed by atoms with Crippen molar-refractivity contribution < 1.29 is 19.1 Å². The van der Waals surface area contributed by atoms with Gasteiger partial charge in [-0.1, -0.05) is 52.3 Å². The minimum absolute atomic E-state index is 0.00890. The molecule has 9 heteroatoms. The van der Waals surface area contributed by atoms with E-state index in [0.29, 0.717) is 43.4 Å². The van der Waals surface area contributed by atoms with Gasteiger partial charge in [0.15, 0.2) is 0 Å². The number of likely N-dealkylation sites (tertiary alicyclic amines) is 3.